The van der Waals surface area contributed by atoms with E-state index in [9.17, 15) is 19.4 Å². The van der Waals surface area contributed by atoms with Crippen LogP contribution in [-0.2, 0) is 18.4 Å². The Morgan fingerprint density at radius 2 is 0.951 bits per heavy atom. The molecule has 0 rings (SSSR count). The number of nitrogens with zero attached hydrogens (tertiary/aromatic N) is 1. The lowest BCUT2D eigenvalue weighted by Crippen LogP contribution is -2.45. The van der Waals surface area contributed by atoms with Crippen molar-refractivity contribution in [1.82, 2.24) is 5.32 Å². The van der Waals surface area contributed by atoms with Crippen LogP contribution in [0.2, 0.25) is 0 Å². The normalized spacial score (nSPS) is 14.4. The summed E-state index contributed by atoms with van der Waals surface area (Å²) >= 11 is 0. The molecule has 1 amide bonds. The Balaban J connectivity index is 4.27. The number of unbranched alkanes of at least 4 members (excludes halogenated alkanes) is 30. The molecule has 0 saturated carbocycles. The Hall–Kier alpha value is -1.28. The van der Waals surface area contributed by atoms with Crippen molar-refractivity contribution in [3.63, 3.8) is 0 Å². The van der Waals surface area contributed by atoms with Gasteiger partial charge in [-0.1, -0.05) is 217 Å². The second kappa shape index (κ2) is 43.9. The predicted octanol–water partition coefficient (Wildman–Crippen LogP) is 14.4. The summed E-state index contributed by atoms with van der Waals surface area (Å²) in [7, 11) is 1.26. The van der Waals surface area contributed by atoms with Crippen LogP contribution >= 0.6 is 7.82 Å². The van der Waals surface area contributed by atoms with E-state index in [1.165, 1.54) is 173 Å². The average Bonchev–Trinajstić information content (AvgIpc) is 3.21. The van der Waals surface area contributed by atoms with Gasteiger partial charge in [0.25, 0.3) is 7.82 Å². The Bertz CT molecular complexity index is 1090. The summed E-state index contributed by atoms with van der Waals surface area (Å²) in [5.74, 6) is -0.199. The van der Waals surface area contributed by atoms with Crippen LogP contribution in [0.5, 0.6) is 0 Å². The van der Waals surface area contributed by atoms with Gasteiger partial charge in [0.05, 0.1) is 39.9 Å². The van der Waals surface area contributed by atoms with Crippen molar-refractivity contribution in [3.05, 3.63) is 36.5 Å². The molecule has 0 fully saturated rings. The largest absolute Gasteiger partial charge is 0.756 e. The first-order valence-corrected chi connectivity index (χ1v) is 27.3. The summed E-state index contributed by atoms with van der Waals surface area (Å²) < 4.78 is 23.3. The third-order valence-corrected chi connectivity index (χ3v) is 12.6. The smallest absolute Gasteiger partial charge is 0.268 e. The van der Waals surface area contributed by atoms with Crippen molar-refractivity contribution in [1.29, 1.82) is 0 Å². The van der Waals surface area contributed by atoms with Gasteiger partial charge in [-0.3, -0.25) is 9.36 Å². The Morgan fingerprint density at radius 1 is 0.574 bits per heavy atom. The maximum absolute atomic E-state index is 12.9. The fourth-order valence-electron chi connectivity index (χ4n) is 7.48. The molecule has 0 aromatic carbocycles. The maximum atomic E-state index is 12.9. The predicted molar refractivity (Wildman–Crippen MR) is 261 cm³/mol. The molecule has 0 aliphatic heterocycles. The zero-order chi connectivity index (χ0) is 45.0. The Kier molecular flexibility index (Phi) is 43.0. The number of rotatable bonds is 47. The van der Waals surface area contributed by atoms with Crippen LogP contribution in [0.1, 0.15) is 239 Å². The van der Waals surface area contributed by atoms with Crippen LogP contribution < -0.4 is 10.2 Å². The van der Waals surface area contributed by atoms with E-state index in [-0.39, 0.29) is 19.1 Å². The fourth-order valence-corrected chi connectivity index (χ4v) is 8.20. The minimum atomic E-state index is -4.59. The SMILES string of the molecule is CCCCCCC/C=C\C/C=C\CCCCCCCCCCCCCC(=O)NC(COP(=O)([O-])OCC[N+](C)(C)C)C(O)/C=C/CCCCCCCCCCCCCCCC. The first kappa shape index (κ1) is 59.7. The molecule has 0 aliphatic carbocycles. The molecule has 0 saturated heterocycles. The van der Waals surface area contributed by atoms with Crippen LogP contribution in [-0.4, -0.2) is 68.5 Å². The highest BCUT2D eigenvalue weighted by molar-refractivity contribution is 7.45. The molecule has 0 bridgehead atoms. The van der Waals surface area contributed by atoms with E-state index in [4.69, 9.17) is 9.05 Å². The molecule has 3 atom stereocenters. The highest BCUT2D eigenvalue weighted by atomic mass is 31.2. The van der Waals surface area contributed by atoms with Gasteiger partial charge in [-0.05, 0) is 51.4 Å². The minimum absolute atomic E-state index is 0.00105. The van der Waals surface area contributed by atoms with Gasteiger partial charge in [-0.25, -0.2) is 0 Å². The molecule has 9 heteroatoms. The Labute approximate surface area is 378 Å². The lowest BCUT2D eigenvalue weighted by molar-refractivity contribution is -0.870. The number of aliphatic hydroxyl groups excluding tert-OH is 1. The zero-order valence-electron chi connectivity index (χ0n) is 40.9. The number of hydrogen-bond acceptors (Lipinski definition) is 6. The summed E-state index contributed by atoms with van der Waals surface area (Å²) in [5.41, 5.74) is 0. The molecule has 2 N–H and O–H groups in total. The third-order valence-electron chi connectivity index (χ3n) is 11.6. The molecule has 3 unspecified atom stereocenters. The van der Waals surface area contributed by atoms with E-state index >= 15 is 0 Å². The van der Waals surface area contributed by atoms with Gasteiger partial charge in [0.15, 0.2) is 0 Å². The van der Waals surface area contributed by atoms with Crippen molar-refractivity contribution in [3.8, 4) is 0 Å². The van der Waals surface area contributed by atoms with Gasteiger partial charge in [0.2, 0.25) is 5.91 Å². The lowest BCUT2D eigenvalue weighted by Gasteiger charge is -2.29. The van der Waals surface area contributed by atoms with Crippen LogP contribution in [0.4, 0.5) is 0 Å². The van der Waals surface area contributed by atoms with Gasteiger partial charge in [-0.15, -0.1) is 0 Å². The van der Waals surface area contributed by atoms with E-state index in [2.05, 4.69) is 43.5 Å². The van der Waals surface area contributed by atoms with Gasteiger partial charge in [-0.2, -0.15) is 0 Å². The Morgan fingerprint density at radius 3 is 1.36 bits per heavy atom. The van der Waals surface area contributed by atoms with E-state index in [0.29, 0.717) is 17.4 Å². The monoisotopic (exact) mass is 881 g/mol. The zero-order valence-corrected chi connectivity index (χ0v) is 41.8. The van der Waals surface area contributed by atoms with E-state index in [1.54, 1.807) is 6.08 Å². The number of aliphatic hydroxyl groups is 1. The molecule has 0 spiro atoms. The number of nitrogens with one attached hydrogen (secondary N) is 1. The van der Waals surface area contributed by atoms with E-state index < -0.39 is 20.0 Å². The highest BCUT2D eigenvalue weighted by Crippen LogP contribution is 2.38. The highest BCUT2D eigenvalue weighted by Gasteiger charge is 2.23. The number of likely N-dealkylation sites (N-methyl/N-ethyl adjacent to an activating group) is 1. The summed E-state index contributed by atoms with van der Waals surface area (Å²) in [4.78, 5) is 25.4. The summed E-state index contributed by atoms with van der Waals surface area (Å²) in [5, 5.41) is 13.8. The summed E-state index contributed by atoms with van der Waals surface area (Å²) in [6.07, 6.45) is 54.8. The molecular formula is C52H101N2O6P. The van der Waals surface area contributed by atoms with Crippen molar-refractivity contribution in [2.75, 3.05) is 40.9 Å². The van der Waals surface area contributed by atoms with Crippen molar-refractivity contribution < 1.29 is 32.9 Å². The lowest BCUT2D eigenvalue weighted by atomic mass is 10.0. The second-order valence-corrected chi connectivity index (χ2v) is 20.3. The first-order valence-electron chi connectivity index (χ1n) is 25.9. The number of allylic oxidation sites excluding steroid dienone is 5. The van der Waals surface area contributed by atoms with Gasteiger partial charge < -0.3 is 28.8 Å². The van der Waals surface area contributed by atoms with Crippen molar-refractivity contribution in [2.24, 2.45) is 0 Å². The molecular weight excluding hydrogens is 780 g/mol. The number of amides is 1. The quantitative estimate of drug-likeness (QED) is 0.0273. The third kappa shape index (κ3) is 46.5. The molecule has 61 heavy (non-hydrogen) atoms. The van der Waals surface area contributed by atoms with Crippen molar-refractivity contribution in [2.45, 2.75) is 251 Å². The number of carbonyl (C=O) groups is 1. The maximum Gasteiger partial charge on any atom is 0.268 e. The van der Waals surface area contributed by atoms with Gasteiger partial charge in [0.1, 0.15) is 13.2 Å². The summed E-state index contributed by atoms with van der Waals surface area (Å²) in [6, 6.07) is -0.886. The molecule has 0 radical (unpaired) electrons. The number of phosphoric acid groups is 1. The van der Waals surface area contributed by atoms with Crippen LogP contribution in [0.3, 0.4) is 0 Å². The molecule has 360 valence electrons. The van der Waals surface area contributed by atoms with Crippen LogP contribution in [0, 0.1) is 0 Å². The summed E-state index contributed by atoms with van der Waals surface area (Å²) in [6.45, 7) is 4.65. The van der Waals surface area contributed by atoms with Gasteiger partial charge in [0, 0.05) is 6.42 Å². The molecule has 0 aliphatic rings. The molecule has 0 heterocycles. The van der Waals surface area contributed by atoms with Crippen LogP contribution in [0.15, 0.2) is 36.5 Å². The average molecular weight is 881 g/mol. The second-order valence-electron chi connectivity index (χ2n) is 18.9. The molecule has 0 aromatic rings. The van der Waals surface area contributed by atoms with Crippen molar-refractivity contribution >= 4 is 13.7 Å². The standard InChI is InChI=1S/C52H101N2O6P/c1-6-8-10-12-14-16-18-20-22-24-25-26-27-28-29-30-32-34-36-38-40-42-44-46-52(56)53-50(49-60-61(57,58)59-48-47-54(3,4)5)51(55)45-43-41-39-37-35-33-31-23-21-19-17-15-13-11-9-7-2/h18,20,24-25,43,45,50-51,55H,6-17,19,21-23,26-42,44,46-49H2,1-5H3,(H-,53,56,57,58)/b20-18-,25-24-,45-43+. The number of quaternary nitrogens is 1. The van der Waals surface area contributed by atoms with E-state index in [1.807, 2.05) is 27.2 Å². The van der Waals surface area contributed by atoms with E-state index in [0.717, 1.165) is 44.9 Å². The van der Waals surface area contributed by atoms with Gasteiger partial charge >= 0.3 is 0 Å². The first-order chi connectivity index (χ1) is 29.5. The minimum Gasteiger partial charge on any atom is -0.756 e. The fraction of sp³-hybridized carbons (Fsp3) is 0.865. The number of carbonyl (C=O) groups excluding carboxylic acids is 1. The number of phosphoric ester groups is 1. The van der Waals surface area contributed by atoms with Crippen LogP contribution in [0.25, 0.3) is 0 Å². The topological polar surface area (TPSA) is 108 Å². The number of hydrogen-bond donors (Lipinski definition) is 2. The molecule has 8 nitrogen and oxygen atoms in total. The molecule has 0 aromatic heterocycles.